The van der Waals surface area contributed by atoms with Gasteiger partial charge < -0.3 is 14.3 Å². The molecule has 0 saturated heterocycles. The molecule has 6 nitrogen and oxygen atoms in total. The quantitative estimate of drug-likeness (QED) is 0.425. The van der Waals surface area contributed by atoms with Crippen molar-refractivity contribution in [1.82, 2.24) is 4.98 Å². The molecule has 0 unspecified atom stereocenters. The Labute approximate surface area is 140 Å². The molecular weight excluding hydrogens is 421 g/mol. The minimum Gasteiger partial charge on any atom is -0.507 e. The molecule has 0 spiro atoms. The molecule has 116 valence electrons. The number of hydrogen-bond acceptors (Lipinski definition) is 4. The van der Waals surface area contributed by atoms with Crippen LogP contribution < -0.4 is 4.18 Å². The van der Waals surface area contributed by atoms with Gasteiger partial charge in [-0.25, -0.2) is 0 Å². The van der Waals surface area contributed by atoms with E-state index in [1.165, 1.54) is 6.07 Å². The monoisotopic (exact) mass is 433 g/mol. The Hall–Kier alpha value is -1.78. The number of halogens is 1. The minimum absolute atomic E-state index is 0.00583. The van der Waals surface area contributed by atoms with E-state index in [-0.39, 0.29) is 5.88 Å². The van der Waals surface area contributed by atoms with Crippen molar-refractivity contribution in [1.29, 1.82) is 0 Å². The second kappa shape index (κ2) is 6.99. The lowest BCUT2D eigenvalue weighted by atomic mass is 10.3. The zero-order chi connectivity index (χ0) is 16.2. The SMILES string of the molecule is O=S(=O)(O)Oc1cc2ccccc2[nH]1.Oc1ccccc1I. The van der Waals surface area contributed by atoms with Crippen LogP contribution >= 0.6 is 22.6 Å². The molecule has 2 aromatic carbocycles. The minimum atomic E-state index is -4.46. The highest BCUT2D eigenvalue weighted by atomic mass is 127. The van der Waals surface area contributed by atoms with Crippen LogP contribution in [0.15, 0.2) is 54.6 Å². The van der Waals surface area contributed by atoms with Gasteiger partial charge in [0.05, 0.1) is 3.57 Å². The first kappa shape index (κ1) is 16.6. The second-order valence-corrected chi connectivity index (χ2v) is 6.37. The van der Waals surface area contributed by atoms with Crippen LogP contribution in [0, 0.1) is 3.57 Å². The van der Waals surface area contributed by atoms with Crippen LogP contribution in [0.2, 0.25) is 0 Å². The number of aromatic amines is 1. The van der Waals surface area contributed by atoms with Crippen molar-refractivity contribution in [3.8, 4) is 11.6 Å². The summed E-state index contributed by atoms with van der Waals surface area (Å²) in [4.78, 5) is 2.69. The smallest absolute Gasteiger partial charge is 0.447 e. The molecule has 3 aromatic rings. The van der Waals surface area contributed by atoms with Crippen LogP contribution in [-0.4, -0.2) is 23.1 Å². The van der Waals surface area contributed by atoms with Crippen LogP contribution in [-0.2, 0) is 10.4 Å². The summed E-state index contributed by atoms with van der Waals surface area (Å²) < 4.78 is 34.4. The predicted molar refractivity (Wildman–Crippen MR) is 91.3 cm³/mol. The third-order valence-electron chi connectivity index (χ3n) is 2.55. The molecule has 0 aliphatic rings. The Morgan fingerprint density at radius 1 is 1.05 bits per heavy atom. The third-order valence-corrected chi connectivity index (χ3v) is 3.86. The molecule has 3 N–H and O–H groups in total. The van der Waals surface area contributed by atoms with Crippen molar-refractivity contribution >= 4 is 43.9 Å². The molecule has 8 heteroatoms. The molecule has 0 bridgehead atoms. The van der Waals surface area contributed by atoms with Gasteiger partial charge in [-0.1, -0.05) is 30.3 Å². The Bertz CT molecular complexity index is 822. The normalized spacial score (nSPS) is 10.8. The molecular formula is C14H12INO5S. The first-order valence-electron chi connectivity index (χ1n) is 6.03. The number of nitrogens with one attached hydrogen (secondary N) is 1. The van der Waals surface area contributed by atoms with Crippen molar-refractivity contribution < 1.29 is 22.3 Å². The summed E-state index contributed by atoms with van der Waals surface area (Å²) in [6, 6.07) is 15.9. The van der Waals surface area contributed by atoms with E-state index >= 15 is 0 Å². The van der Waals surface area contributed by atoms with Crippen LogP contribution in [0.1, 0.15) is 0 Å². The molecule has 0 radical (unpaired) electrons. The predicted octanol–water partition coefficient (Wildman–Crippen LogP) is 3.35. The van der Waals surface area contributed by atoms with E-state index < -0.39 is 10.4 Å². The summed E-state index contributed by atoms with van der Waals surface area (Å²) in [6.45, 7) is 0. The molecule has 0 amide bonds. The molecule has 0 atom stereocenters. The van der Waals surface area contributed by atoms with Gasteiger partial charge in [0.1, 0.15) is 5.75 Å². The lowest BCUT2D eigenvalue weighted by molar-refractivity contribution is 0.382. The second-order valence-electron chi connectivity index (χ2n) is 4.18. The van der Waals surface area contributed by atoms with Crippen molar-refractivity contribution in [2.24, 2.45) is 0 Å². The molecule has 0 fully saturated rings. The maximum absolute atomic E-state index is 10.4. The largest absolute Gasteiger partial charge is 0.507 e. The summed E-state index contributed by atoms with van der Waals surface area (Å²) in [6.07, 6.45) is 0. The van der Waals surface area contributed by atoms with Crippen molar-refractivity contribution in [2.75, 3.05) is 0 Å². The van der Waals surface area contributed by atoms with Gasteiger partial charge >= 0.3 is 10.4 Å². The summed E-state index contributed by atoms with van der Waals surface area (Å²) in [7, 11) is -4.46. The molecule has 1 aromatic heterocycles. The average molecular weight is 433 g/mol. The number of fused-ring (bicyclic) bond motifs is 1. The summed E-state index contributed by atoms with van der Waals surface area (Å²) >= 11 is 2.07. The van der Waals surface area contributed by atoms with E-state index in [4.69, 9.17) is 9.66 Å². The Morgan fingerprint density at radius 3 is 2.23 bits per heavy atom. The van der Waals surface area contributed by atoms with Gasteiger partial charge in [0, 0.05) is 17.0 Å². The zero-order valence-corrected chi connectivity index (χ0v) is 14.1. The van der Waals surface area contributed by atoms with Crippen molar-refractivity contribution in [3.63, 3.8) is 0 Å². The van der Waals surface area contributed by atoms with Crippen LogP contribution in [0.25, 0.3) is 10.9 Å². The number of H-pyrrole nitrogens is 1. The first-order valence-corrected chi connectivity index (χ1v) is 8.48. The third kappa shape index (κ3) is 4.90. The van der Waals surface area contributed by atoms with E-state index in [9.17, 15) is 8.42 Å². The van der Waals surface area contributed by atoms with E-state index in [0.717, 1.165) is 14.5 Å². The molecule has 0 saturated carbocycles. The maximum atomic E-state index is 10.4. The molecule has 1 heterocycles. The van der Waals surface area contributed by atoms with Crippen molar-refractivity contribution in [3.05, 3.63) is 58.2 Å². The van der Waals surface area contributed by atoms with Gasteiger partial charge in [-0.15, -0.1) is 0 Å². The summed E-state index contributed by atoms with van der Waals surface area (Å²) in [5.41, 5.74) is 0.742. The number of benzene rings is 2. The fourth-order valence-corrected chi connectivity index (χ4v) is 2.36. The summed E-state index contributed by atoms with van der Waals surface area (Å²) in [5.74, 6) is 0.349. The van der Waals surface area contributed by atoms with Gasteiger partial charge in [-0.3, -0.25) is 4.55 Å². The molecule has 3 rings (SSSR count). The number of hydrogen-bond donors (Lipinski definition) is 3. The number of phenols is 1. The molecule has 0 aliphatic heterocycles. The zero-order valence-electron chi connectivity index (χ0n) is 11.1. The van der Waals surface area contributed by atoms with E-state index in [1.54, 1.807) is 30.3 Å². The maximum Gasteiger partial charge on any atom is 0.447 e. The van der Waals surface area contributed by atoms with Gasteiger partial charge in [0.25, 0.3) is 0 Å². The Morgan fingerprint density at radius 2 is 1.68 bits per heavy atom. The van der Waals surface area contributed by atoms with Gasteiger partial charge in [-0.2, -0.15) is 8.42 Å². The Balaban J connectivity index is 0.000000188. The first-order chi connectivity index (χ1) is 10.3. The number of para-hydroxylation sites is 2. The fraction of sp³-hybridized carbons (Fsp3) is 0. The highest BCUT2D eigenvalue weighted by Gasteiger charge is 2.08. The lowest BCUT2D eigenvalue weighted by Crippen LogP contribution is -2.06. The van der Waals surface area contributed by atoms with E-state index in [1.807, 2.05) is 18.2 Å². The highest BCUT2D eigenvalue weighted by molar-refractivity contribution is 14.1. The standard InChI is InChI=1S/C8H7NO4S.C6H5IO/c10-14(11,12)13-8-5-6-3-1-2-4-7(6)9-8;7-5-3-1-2-4-6(5)8/h1-5,9H,(H,10,11,12);1-4,8H. The van der Waals surface area contributed by atoms with E-state index in [2.05, 4.69) is 31.8 Å². The topological polar surface area (TPSA) is 99.6 Å². The Kier molecular flexibility index (Phi) is 5.27. The molecule has 0 aliphatic carbocycles. The van der Waals surface area contributed by atoms with Gasteiger partial charge in [0.15, 0.2) is 0 Å². The lowest BCUT2D eigenvalue weighted by Gasteiger charge is -1.94. The highest BCUT2D eigenvalue weighted by Crippen LogP contribution is 2.20. The number of aromatic hydroxyl groups is 1. The number of aromatic nitrogens is 1. The van der Waals surface area contributed by atoms with Gasteiger partial charge in [0.2, 0.25) is 5.88 Å². The average Bonchev–Trinajstić information content (AvgIpc) is 2.82. The summed E-state index contributed by atoms with van der Waals surface area (Å²) in [5, 5.41) is 9.72. The van der Waals surface area contributed by atoms with Crippen LogP contribution in [0.5, 0.6) is 11.6 Å². The number of rotatable bonds is 2. The van der Waals surface area contributed by atoms with E-state index in [0.29, 0.717) is 5.75 Å². The van der Waals surface area contributed by atoms with Crippen LogP contribution in [0.3, 0.4) is 0 Å². The van der Waals surface area contributed by atoms with Crippen molar-refractivity contribution in [2.45, 2.75) is 0 Å². The molecule has 22 heavy (non-hydrogen) atoms. The fourth-order valence-electron chi connectivity index (χ4n) is 1.66. The number of phenolic OH excluding ortho intramolecular Hbond substituents is 1. The van der Waals surface area contributed by atoms with Gasteiger partial charge in [-0.05, 0) is 40.8 Å². The van der Waals surface area contributed by atoms with Crippen LogP contribution in [0.4, 0.5) is 0 Å².